The predicted octanol–water partition coefficient (Wildman–Crippen LogP) is 4.05. The van der Waals surface area contributed by atoms with Crippen LogP contribution >= 0.6 is 0 Å². The zero-order valence-corrected chi connectivity index (χ0v) is 18.9. The molecule has 6 nitrogen and oxygen atoms in total. The Morgan fingerprint density at radius 2 is 1.87 bits per heavy atom. The minimum Gasteiger partial charge on any atom is -0.494 e. The molecular weight excluding hydrogens is 400 g/mol. The summed E-state index contributed by atoms with van der Waals surface area (Å²) in [5, 5.41) is 2.95. The van der Waals surface area contributed by atoms with Gasteiger partial charge in [0.25, 0.3) is 0 Å². The standard InChI is InChI=1S/C23H30N2O4S/c1-5-29-22-11-10-21(14-18(22)4)30(27,28)25-12-6-7-19(15-25)23(26)24-20-9-8-16(2)17(3)13-20/h8-11,13-14,19H,5-7,12,15H2,1-4H3,(H,24,26)/t19-/m1/s1. The van der Waals surface area contributed by atoms with Gasteiger partial charge in [-0.1, -0.05) is 6.07 Å². The van der Waals surface area contributed by atoms with Crippen molar-refractivity contribution in [1.29, 1.82) is 0 Å². The lowest BCUT2D eigenvalue weighted by Crippen LogP contribution is -2.43. The molecule has 1 fully saturated rings. The van der Waals surface area contributed by atoms with E-state index in [9.17, 15) is 13.2 Å². The zero-order chi connectivity index (χ0) is 21.9. The fourth-order valence-electron chi connectivity index (χ4n) is 3.69. The highest BCUT2D eigenvalue weighted by Crippen LogP contribution is 2.28. The van der Waals surface area contributed by atoms with Crippen LogP contribution in [-0.2, 0) is 14.8 Å². The zero-order valence-electron chi connectivity index (χ0n) is 18.1. The monoisotopic (exact) mass is 430 g/mol. The normalized spacial score (nSPS) is 17.5. The summed E-state index contributed by atoms with van der Waals surface area (Å²) >= 11 is 0. The fraction of sp³-hybridized carbons (Fsp3) is 0.435. The Hall–Kier alpha value is -2.38. The molecule has 3 rings (SSSR count). The summed E-state index contributed by atoms with van der Waals surface area (Å²) < 4.78 is 33.3. The van der Waals surface area contributed by atoms with E-state index in [2.05, 4.69) is 5.32 Å². The number of nitrogens with one attached hydrogen (secondary N) is 1. The van der Waals surface area contributed by atoms with Crippen LogP contribution in [0.2, 0.25) is 0 Å². The summed E-state index contributed by atoms with van der Waals surface area (Å²) in [5.74, 6) is 0.167. The van der Waals surface area contributed by atoms with Gasteiger partial charge in [-0.05, 0) is 87.6 Å². The lowest BCUT2D eigenvalue weighted by molar-refractivity contribution is -0.120. The van der Waals surface area contributed by atoms with Crippen LogP contribution < -0.4 is 10.1 Å². The maximum absolute atomic E-state index is 13.2. The average Bonchev–Trinajstić information content (AvgIpc) is 2.72. The molecule has 1 aliphatic heterocycles. The Kier molecular flexibility index (Phi) is 6.83. The summed E-state index contributed by atoms with van der Waals surface area (Å²) in [6.45, 7) is 8.87. The number of aryl methyl sites for hydroxylation is 3. The third kappa shape index (κ3) is 4.84. The van der Waals surface area contributed by atoms with Crippen molar-refractivity contribution in [3.63, 3.8) is 0 Å². The van der Waals surface area contributed by atoms with Crippen LogP contribution in [0.4, 0.5) is 5.69 Å². The van der Waals surface area contributed by atoms with E-state index in [1.54, 1.807) is 18.2 Å². The number of hydrogen-bond acceptors (Lipinski definition) is 4. The van der Waals surface area contributed by atoms with Crippen molar-refractivity contribution in [3.8, 4) is 5.75 Å². The molecule has 0 aromatic heterocycles. The van der Waals surface area contributed by atoms with Crippen LogP contribution in [0.3, 0.4) is 0 Å². The first-order valence-electron chi connectivity index (χ1n) is 10.3. The van der Waals surface area contributed by atoms with Crippen LogP contribution in [0.5, 0.6) is 5.75 Å². The molecule has 30 heavy (non-hydrogen) atoms. The second-order valence-electron chi connectivity index (χ2n) is 7.85. The smallest absolute Gasteiger partial charge is 0.243 e. The Morgan fingerprint density at radius 1 is 1.10 bits per heavy atom. The quantitative estimate of drug-likeness (QED) is 0.750. The number of amides is 1. The van der Waals surface area contributed by atoms with Crippen molar-refractivity contribution in [2.45, 2.75) is 45.4 Å². The van der Waals surface area contributed by atoms with Gasteiger partial charge < -0.3 is 10.1 Å². The molecule has 0 saturated carbocycles. The van der Waals surface area contributed by atoms with E-state index in [1.165, 1.54) is 4.31 Å². The van der Waals surface area contributed by atoms with Gasteiger partial charge in [0.1, 0.15) is 5.75 Å². The van der Waals surface area contributed by atoms with Gasteiger partial charge in [0.05, 0.1) is 17.4 Å². The van der Waals surface area contributed by atoms with Crippen LogP contribution in [-0.4, -0.2) is 38.3 Å². The van der Waals surface area contributed by atoms with Gasteiger partial charge in [-0.15, -0.1) is 0 Å². The molecule has 0 radical (unpaired) electrons. The molecule has 1 saturated heterocycles. The lowest BCUT2D eigenvalue weighted by atomic mass is 9.98. The molecule has 2 aromatic carbocycles. The van der Waals surface area contributed by atoms with Gasteiger partial charge in [-0.25, -0.2) is 8.42 Å². The maximum Gasteiger partial charge on any atom is 0.243 e. The first-order chi connectivity index (χ1) is 14.2. The third-order valence-electron chi connectivity index (χ3n) is 5.61. The number of ether oxygens (including phenoxy) is 1. The van der Waals surface area contributed by atoms with Crippen LogP contribution in [0, 0.1) is 26.7 Å². The number of piperidine rings is 1. The highest BCUT2D eigenvalue weighted by molar-refractivity contribution is 7.89. The third-order valence-corrected chi connectivity index (χ3v) is 7.47. The molecule has 0 aliphatic carbocycles. The average molecular weight is 431 g/mol. The number of anilines is 1. The van der Waals surface area contributed by atoms with E-state index in [0.717, 1.165) is 22.4 Å². The molecule has 0 unspecified atom stereocenters. The Labute approximate surface area is 179 Å². The number of hydrogen-bond donors (Lipinski definition) is 1. The topological polar surface area (TPSA) is 75.7 Å². The first kappa shape index (κ1) is 22.3. The van der Waals surface area contributed by atoms with E-state index in [-0.39, 0.29) is 23.3 Å². The summed E-state index contributed by atoms with van der Waals surface area (Å²) in [6.07, 6.45) is 1.32. The molecule has 1 atom stereocenters. The number of rotatable bonds is 6. The predicted molar refractivity (Wildman–Crippen MR) is 118 cm³/mol. The van der Waals surface area contributed by atoms with Gasteiger partial charge in [-0.3, -0.25) is 4.79 Å². The summed E-state index contributed by atoms with van der Waals surface area (Å²) in [6, 6.07) is 10.7. The SMILES string of the molecule is CCOc1ccc(S(=O)(=O)N2CCC[C@@H](C(=O)Nc3ccc(C)c(C)c3)C2)cc1C. The first-order valence-corrected chi connectivity index (χ1v) is 11.8. The molecule has 0 spiro atoms. The summed E-state index contributed by atoms with van der Waals surface area (Å²) in [7, 11) is -3.67. The number of carbonyl (C=O) groups is 1. The summed E-state index contributed by atoms with van der Waals surface area (Å²) in [4.78, 5) is 13.0. The van der Waals surface area contributed by atoms with Gasteiger partial charge >= 0.3 is 0 Å². The van der Waals surface area contributed by atoms with E-state index in [0.29, 0.717) is 31.7 Å². The molecule has 1 aliphatic rings. The van der Waals surface area contributed by atoms with Crippen LogP contribution in [0.15, 0.2) is 41.3 Å². The van der Waals surface area contributed by atoms with Gasteiger partial charge in [0.2, 0.25) is 15.9 Å². The molecule has 1 amide bonds. The number of sulfonamides is 1. The molecule has 1 heterocycles. The van der Waals surface area contributed by atoms with E-state index < -0.39 is 10.0 Å². The molecule has 0 bridgehead atoms. The second-order valence-corrected chi connectivity index (χ2v) is 9.79. The minimum atomic E-state index is -3.67. The van der Waals surface area contributed by atoms with Crippen molar-refractivity contribution < 1.29 is 17.9 Å². The Morgan fingerprint density at radius 3 is 2.53 bits per heavy atom. The number of carbonyl (C=O) groups excluding carboxylic acids is 1. The van der Waals surface area contributed by atoms with Crippen molar-refractivity contribution in [1.82, 2.24) is 4.31 Å². The number of benzene rings is 2. The van der Waals surface area contributed by atoms with Crippen molar-refractivity contribution >= 4 is 21.6 Å². The van der Waals surface area contributed by atoms with E-state index >= 15 is 0 Å². The highest BCUT2D eigenvalue weighted by atomic mass is 32.2. The van der Waals surface area contributed by atoms with Crippen molar-refractivity contribution in [2.24, 2.45) is 5.92 Å². The second kappa shape index (κ2) is 9.18. The van der Waals surface area contributed by atoms with Crippen molar-refractivity contribution in [3.05, 3.63) is 53.1 Å². The van der Waals surface area contributed by atoms with Crippen LogP contribution in [0.1, 0.15) is 36.5 Å². The lowest BCUT2D eigenvalue weighted by Gasteiger charge is -2.31. The molecule has 162 valence electrons. The Balaban J connectivity index is 1.73. The number of nitrogens with zero attached hydrogens (tertiary/aromatic N) is 1. The Bertz CT molecular complexity index is 1030. The molecule has 2 aromatic rings. The van der Waals surface area contributed by atoms with Crippen molar-refractivity contribution in [2.75, 3.05) is 25.0 Å². The highest BCUT2D eigenvalue weighted by Gasteiger charge is 2.33. The van der Waals surface area contributed by atoms with Gasteiger partial charge in [0, 0.05) is 18.8 Å². The maximum atomic E-state index is 13.2. The van der Waals surface area contributed by atoms with Crippen LogP contribution in [0.25, 0.3) is 0 Å². The van der Waals surface area contributed by atoms with Gasteiger partial charge in [-0.2, -0.15) is 4.31 Å². The molecule has 7 heteroatoms. The van der Waals surface area contributed by atoms with Gasteiger partial charge in [0.15, 0.2) is 0 Å². The molecular formula is C23H30N2O4S. The molecule has 1 N–H and O–H groups in total. The van der Waals surface area contributed by atoms with E-state index in [1.807, 2.05) is 45.9 Å². The summed E-state index contributed by atoms with van der Waals surface area (Å²) in [5.41, 5.74) is 3.78. The largest absolute Gasteiger partial charge is 0.494 e. The minimum absolute atomic E-state index is 0.138. The fourth-order valence-corrected chi connectivity index (χ4v) is 5.30. The van der Waals surface area contributed by atoms with E-state index in [4.69, 9.17) is 4.74 Å².